The van der Waals surface area contributed by atoms with Crippen molar-refractivity contribution in [2.45, 2.75) is 438 Å². The molecule has 17 nitrogen and oxygen atoms in total. The number of phosphoric ester groups is 2. The Morgan fingerprint density at radius 1 is 0.304 bits per heavy atom. The summed E-state index contributed by atoms with van der Waals surface area (Å²) in [6.07, 6.45) is 70.3. The number of hydrogen-bond donors (Lipinski definition) is 3. The molecular formula is C83H158O17P2. The van der Waals surface area contributed by atoms with E-state index in [9.17, 15) is 43.2 Å². The highest BCUT2D eigenvalue weighted by atomic mass is 31.2. The van der Waals surface area contributed by atoms with Crippen molar-refractivity contribution in [1.29, 1.82) is 0 Å². The summed E-state index contributed by atoms with van der Waals surface area (Å²) in [5, 5.41) is 10.6. The number of unbranched alkanes of at least 4 members (excludes halogenated alkanes) is 50. The average molecular weight is 1490 g/mol. The molecule has 0 saturated carbocycles. The van der Waals surface area contributed by atoms with E-state index in [1.54, 1.807) is 0 Å². The van der Waals surface area contributed by atoms with E-state index in [0.29, 0.717) is 25.7 Å². The van der Waals surface area contributed by atoms with Gasteiger partial charge in [0.1, 0.15) is 19.3 Å². The largest absolute Gasteiger partial charge is 0.472 e. The van der Waals surface area contributed by atoms with Crippen LogP contribution in [0.1, 0.15) is 420 Å². The second-order valence-corrected chi connectivity index (χ2v) is 32.6. The SMILES string of the molecule is CCCCCC/C=C\C=C/CCCCCCCC(=O)O[C@H](COC(=O)CCCCCCCCCC)COP(=O)(O)OC[C@H](O)COP(=O)(O)OC[C@@H](COC(=O)CCCCCCCCCCCCCCCCCCC(C)C)OC(=O)CCCCCCCCCCCCCCCCCCCCCC. The highest BCUT2D eigenvalue weighted by molar-refractivity contribution is 7.47. The maximum absolute atomic E-state index is 13.1. The van der Waals surface area contributed by atoms with E-state index in [1.165, 1.54) is 225 Å². The number of ether oxygens (including phenoxy) is 4. The fourth-order valence-electron chi connectivity index (χ4n) is 12.4. The van der Waals surface area contributed by atoms with Crippen molar-refractivity contribution in [2.75, 3.05) is 39.6 Å². The Labute approximate surface area is 624 Å². The van der Waals surface area contributed by atoms with Gasteiger partial charge < -0.3 is 33.8 Å². The molecule has 0 aliphatic rings. The number of allylic oxidation sites excluding steroid dienone is 4. The lowest BCUT2D eigenvalue weighted by Crippen LogP contribution is -2.30. The summed E-state index contributed by atoms with van der Waals surface area (Å²) in [5.41, 5.74) is 0. The van der Waals surface area contributed by atoms with E-state index in [2.05, 4.69) is 58.9 Å². The molecule has 0 spiro atoms. The molecule has 602 valence electrons. The predicted molar refractivity (Wildman–Crippen MR) is 418 cm³/mol. The van der Waals surface area contributed by atoms with Gasteiger partial charge in [-0.05, 0) is 57.3 Å². The number of aliphatic hydroxyl groups is 1. The first-order valence-electron chi connectivity index (χ1n) is 42.5. The van der Waals surface area contributed by atoms with Gasteiger partial charge in [-0.2, -0.15) is 0 Å². The lowest BCUT2D eigenvalue weighted by atomic mass is 10.0. The van der Waals surface area contributed by atoms with Crippen molar-refractivity contribution in [3.05, 3.63) is 24.3 Å². The normalized spacial score (nSPS) is 14.0. The zero-order chi connectivity index (χ0) is 74.8. The Balaban J connectivity index is 5.22. The summed E-state index contributed by atoms with van der Waals surface area (Å²) in [5.74, 6) is -1.33. The molecule has 5 atom stereocenters. The molecule has 0 aliphatic carbocycles. The summed E-state index contributed by atoms with van der Waals surface area (Å²) in [7, 11) is -9.93. The second kappa shape index (κ2) is 75.4. The zero-order valence-corrected chi connectivity index (χ0v) is 68.0. The van der Waals surface area contributed by atoms with Crippen molar-refractivity contribution in [3.63, 3.8) is 0 Å². The minimum Gasteiger partial charge on any atom is -0.462 e. The zero-order valence-electron chi connectivity index (χ0n) is 66.2. The van der Waals surface area contributed by atoms with Gasteiger partial charge in [0.2, 0.25) is 0 Å². The second-order valence-electron chi connectivity index (χ2n) is 29.7. The van der Waals surface area contributed by atoms with Crippen molar-refractivity contribution in [3.8, 4) is 0 Å². The van der Waals surface area contributed by atoms with Crippen LogP contribution in [0.3, 0.4) is 0 Å². The van der Waals surface area contributed by atoms with Crippen LogP contribution in [-0.4, -0.2) is 96.7 Å². The van der Waals surface area contributed by atoms with Crippen LogP contribution >= 0.6 is 15.6 Å². The van der Waals surface area contributed by atoms with Gasteiger partial charge in [0, 0.05) is 25.7 Å². The van der Waals surface area contributed by atoms with Crippen LogP contribution < -0.4 is 0 Å². The van der Waals surface area contributed by atoms with Crippen LogP contribution in [0.15, 0.2) is 24.3 Å². The van der Waals surface area contributed by atoms with E-state index in [-0.39, 0.29) is 25.7 Å². The fourth-order valence-corrected chi connectivity index (χ4v) is 14.0. The third kappa shape index (κ3) is 75.8. The van der Waals surface area contributed by atoms with E-state index in [4.69, 9.17) is 37.0 Å². The monoisotopic (exact) mass is 1490 g/mol. The van der Waals surface area contributed by atoms with Crippen LogP contribution in [-0.2, 0) is 65.4 Å². The summed E-state index contributed by atoms with van der Waals surface area (Å²) in [4.78, 5) is 73.0. The van der Waals surface area contributed by atoms with Crippen molar-refractivity contribution in [2.24, 2.45) is 5.92 Å². The molecule has 0 rings (SSSR count). The molecule has 0 aliphatic heterocycles. The average Bonchev–Trinajstić information content (AvgIpc) is 1.02. The van der Waals surface area contributed by atoms with Crippen LogP contribution in [0, 0.1) is 5.92 Å². The van der Waals surface area contributed by atoms with Gasteiger partial charge in [0.15, 0.2) is 12.2 Å². The lowest BCUT2D eigenvalue weighted by Gasteiger charge is -2.21. The minimum atomic E-state index is -4.97. The van der Waals surface area contributed by atoms with Crippen molar-refractivity contribution < 1.29 is 80.2 Å². The molecule has 102 heavy (non-hydrogen) atoms. The quantitative estimate of drug-likeness (QED) is 0.0169. The first kappa shape index (κ1) is 99.5. The third-order valence-corrected chi connectivity index (χ3v) is 20.8. The highest BCUT2D eigenvalue weighted by Gasteiger charge is 2.30. The van der Waals surface area contributed by atoms with E-state index >= 15 is 0 Å². The highest BCUT2D eigenvalue weighted by Crippen LogP contribution is 2.45. The van der Waals surface area contributed by atoms with Gasteiger partial charge >= 0.3 is 39.5 Å². The number of rotatable bonds is 81. The molecule has 3 N–H and O–H groups in total. The maximum Gasteiger partial charge on any atom is 0.472 e. The molecule has 19 heteroatoms. The van der Waals surface area contributed by atoms with Gasteiger partial charge in [-0.1, -0.05) is 367 Å². The number of hydrogen-bond acceptors (Lipinski definition) is 15. The minimum absolute atomic E-state index is 0.0853. The molecule has 0 bridgehead atoms. The molecule has 0 aromatic rings. The summed E-state index contributed by atoms with van der Waals surface area (Å²) in [6, 6.07) is 0. The third-order valence-electron chi connectivity index (χ3n) is 18.9. The molecule has 0 aromatic carbocycles. The summed E-state index contributed by atoms with van der Waals surface area (Å²) < 4.78 is 68.6. The van der Waals surface area contributed by atoms with Gasteiger partial charge in [-0.15, -0.1) is 0 Å². The number of carbonyl (C=O) groups excluding carboxylic acids is 4. The first-order valence-corrected chi connectivity index (χ1v) is 45.4. The Morgan fingerprint density at radius 3 is 0.804 bits per heavy atom. The van der Waals surface area contributed by atoms with Gasteiger partial charge in [-0.3, -0.25) is 37.3 Å². The standard InChI is InChI=1S/C83H158O17P2/c1-6-9-12-15-18-21-23-25-27-28-29-30-31-37-41-45-49-54-59-64-69-83(88)100-79(73-94-81(86)67-62-57-52-47-43-39-36-33-32-35-38-42-46-50-55-60-65-76(4)5)75-98-102(91,92)96-71-77(84)70-95-101(89,90)97-74-78(72-93-80(85)66-61-56-51-20-17-14-11-8-3)99-82(87)68-63-58-53-48-44-40-34-26-24-22-19-16-13-10-7-2/h22,24,26,34,76-79,84H,6-21,23,25,27-33,35-75H2,1-5H3,(H,89,90)(H,91,92)/b24-22-,34-26-/t77-,78+,79+/m0/s1. The topological polar surface area (TPSA) is 237 Å². The van der Waals surface area contributed by atoms with E-state index in [1.807, 2.05) is 0 Å². The van der Waals surface area contributed by atoms with Crippen molar-refractivity contribution >= 4 is 39.5 Å². The number of carbonyl (C=O) groups is 4. The molecule has 0 fully saturated rings. The number of phosphoric acid groups is 2. The Kier molecular flexibility index (Phi) is 73.5. The van der Waals surface area contributed by atoms with E-state index < -0.39 is 97.5 Å². The number of esters is 4. The Hall–Kier alpha value is -2.46. The van der Waals surface area contributed by atoms with Crippen LogP contribution in [0.25, 0.3) is 0 Å². The maximum atomic E-state index is 13.1. The molecule has 0 radical (unpaired) electrons. The first-order chi connectivity index (χ1) is 49.5. The van der Waals surface area contributed by atoms with Gasteiger partial charge in [0.05, 0.1) is 26.4 Å². The smallest absolute Gasteiger partial charge is 0.462 e. The van der Waals surface area contributed by atoms with Gasteiger partial charge in [0.25, 0.3) is 0 Å². The van der Waals surface area contributed by atoms with E-state index in [0.717, 1.165) is 115 Å². The molecule has 2 unspecified atom stereocenters. The Bertz CT molecular complexity index is 2040. The summed E-state index contributed by atoms with van der Waals surface area (Å²) >= 11 is 0. The van der Waals surface area contributed by atoms with Gasteiger partial charge in [-0.25, -0.2) is 9.13 Å². The predicted octanol–water partition coefficient (Wildman–Crippen LogP) is 24.8. The Morgan fingerprint density at radius 2 is 0.529 bits per heavy atom. The molecule has 0 heterocycles. The van der Waals surface area contributed by atoms with Crippen LogP contribution in [0.4, 0.5) is 0 Å². The molecule has 0 amide bonds. The molecule has 0 saturated heterocycles. The lowest BCUT2D eigenvalue weighted by molar-refractivity contribution is -0.161. The summed E-state index contributed by atoms with van der Waals surface area (Å²) in [6.45, 7) is 7.28. The fraction of sp³-hybridized carbons (Fsp3) is 0.904. The van der Waals surface area contributed by atoms with Crippen molar-refractivity contribution in [1.82, 2.24) is 0 Å². The molecular weight excluding hydrogens is 1330 g/mol. The van der Waals surface area contributed by atoms with Crippen LogP contribution in [0.2, 0.25) is 0 Å². The van der Waals surface area contributed by atoms with Crippen LogP contribution in [0.5, 0.6) is 0 Å². The number of aliphatic hydroxyl groups excluding tert-OH is 1. The molecule has 0 aromatic heterocycles.